The van der Waals surface area contributed by atoms with Gasteiger partial charge in [0, 0.05) is 49.4 Å². The van der Waals surface area contributed by atoms with Crippen LogP contribution in [0.2, 0.25) is 0 Å². The predicted octanol–water partition coefficient (Wildman–Crippen LogP) is 2.82. The molecule has 0 bridgehead atoms. The minimum atomic E-state index is 0.743. The van der Waals surface area contributed by atoms with E-state index in [9.17, 15) is 0 Å². The number of nitrogens with zero attached hydrogens (tertiary/aromatic N) is 6. The van der Waals surface area contributed by atoms with Crippen molar-refractivity contribution >= 4 is 22.2 Å². The van der Waals surface area contributed by atoms with Gasteiger partial charge in [-0.05, 0) is 43.6 Å². The SMILES string of the molecule is c1ccc2c(-c3cnn4cc(N5CCN(C6CCNCC6)CC5)cnc34)ccnc2c1. The average Bonchev–Trinajstić information content (AvgIpc) is 3.27. The van der Waals surface area contributed by atoms with Gasteiger partial charge < -0.3 is 10.2 Å². The summed E-state index contributed by atoms with van der Waals surface area (Å²) in [5, 5.41) is 9.23. The van der Waals surface area contributed by atoms with E-state index < -0.39 is 0 Å². The van der Waals surface area contributed by atoms with Crippen molar-refractivity contribution < 1.29 is 0 Å². The molecule has 0 amide bonds. The van der Waals surface area contributed by atoms with Crippen molar-refractivity contribution in [3.05, 3.63) is 55.1 Å². The monoisotopic (exact) mass is 413 g/mol. The van der Waals surface area contributed by atoms with Gasteiger partial charge in [0.05, 0.1) is 29.8 Å². The molecule has 2 saturated heterocycles. The lowest BCUT2D eigenvalue weighted by Gasteiger charge is -2.41. The van der Waals surface area contributed by atoms with Crippen molar-refractivity contribution in [2.24, 2.45) is 0 Å². The maximum absolute atomic E-state index is 4.82. The van der Waals surface area contributed by atoms with Crippen LogP contribution in [0.4, 0.5) is 5.69 Å². The summed E-state index contributed by atoms with van der Waals surface area (Å²) < 4.78 is 1.92. The van der Waals surface area contributed by atoms with E-state index in [1.165, 1.54) is 12.8 Å². The largest absolute Gasteiger partial charge is 0.366 e. The summed E-state index contributed by atoms with van der Waals surface area (Å²) >= 11 is 0. The molecule has 0 aliphatic carbocycles. The molecule has 0 saturated carbocycles. The Bertz CT molecular complexity index is 1200. The van der Waals surface area contributed by atoms with Gasteiger partial charge in [-0.3, -0.25) is 9.88 Å². The lowest BCUT2D eigenvalue weighted by atomic mass is 10.0. The molecule has 0 unspecified atom stereocenters. The maximum atomic E-state index is 4.82. The summed E-state index contributed by atoms with van der Waals surface area (Å²) in [5.74, 6) is 0. The Morgan fingerprint density at radius 1 is 0.871 bits per heavy atom. The van der Waals surface area contributed by atoms with Gasteiger partial charge in [-0.2, -0.15) is 5.10 Å². The van der Waals surface area contributed by atoms with Crippen LogP contribution in [0.3, 0.4) is 0 Å². The summed E-state index contributed by atoms with van der Waals surface area (Å²) in [7, 11) is 0. The van der Waals surface area contributed by atoms with E-state index in [0.717, 1.165) is 78.7 Å². The molecule has 1 aromatic carbocycles. The third-order valence-corrected chi connectivity index (χ3v) is 6.79. The Morgan fingerprint density at radius 3 is 2.58 bits per heavy atom. The number of hydrogen-bond acceptors (Lipinski definition) is 6. The van der Waals surface area contributed by atoms with Crippen LogP contribution in [0.15, 0.2) is 55.1 Å². The molecule has 7 heteroatoms. The van der Waals surface area contributed by atoms with Gasteiger partial charge >= 0.3 is 0 Å². The third-order valence-electron chi connectivity index (χ3n) is 6.79. The fraction of sp³-hybridized carbons (Fsp3) is 0.375. The van der Waals surface area contributed by atoms with Gasteiger partial charge in [-0.15, -0.1) is 0 Å². The first-order valence-electron chi connectivity index (χ1n) is 11.2. The van der Waals surface area contributed by atoms with Crippen molar-refractivity contribution in [1.29, 1.82) is 0 Å². The highest BCUT2D eigenvalue weighted by molar-refractivity contribution is 5.97. The smallest absolute Gasteiger partial charge is 0.162 e. The van der Waals surface area contributed by atoms with Crippen LogP contribution in [-0.4, -0.2) is 69.8 Å². The summed E-state index contributed by atoms with van der Waals surface area (Å²) in [6.07, 6.45) is 10.4. The van der Waals surface area contributed by atoms with Crippen LogP contribution in [0.25, 0.3) is 27.7 Å². The fourth-order valence-corrected chi connectivity index (χ4v) is 5.07. The zero-order valence-electron chi connectivity index (χ0n) is 17.6. The molecular formula is C24H27N7. The molecule has 1 N–H and O–H groups in total. The molecule has 0 spiro atoms. The van der Waals surface area contributed by atoms with Gasteiger partial charge in [-0.1, -0.05) is 18.2 Å². The molecule has 2 fully saturated rings. The van der Waals surface area contributed by atoms with Crippen LogP contribution in [-0.2, 0) is 0 Å². The van der Waals surface area contributed by atoms with Crippen LogP contribution >= 0.6 is 0 Å². The first kappa shape index (κ1) is 18.7. The second-order valence-corrected chi connectivity index (χ2v) is 8.52. The van der Waals surface area contributed by atoms with E-state index in [4.69, 9.17) is 4.98 Å². The molecule has 2 aliphatic heterocycles. The van der Waals surface area contributed by atoms with Crippen molar-refractivity contribution in [2.45, 2.75) is 18.9 Å². The highest BCUT2D eigenvalue weighted by Crippen LogP contribution is 2.30. The highest BCUT2D eigenvalue weighted by atomic mass is 15.3. The van der Waals surface area contributed by atoms with Gasteiger partial charge in [-0.25, -0.2) is 9.50 Å². The molecule has 0 atom stereocenters. The predicted molar refractivity (Wildman–Crippen MR) is 123 cm³/mol. The number of para-hydroxylation sites is 1. The van der Waals surface area contributed by atoms with Gasteiger partial charge in [0.1, 0.15) is 0 Å². The standard InChI is InChI=1S/C24H27N7/c1-2-4-23-21(3-1)20(7-10-26-23)22-16-28-31-17-19(15-27-24(22)31)30-13-11-29(12-14-30)18-5-8-25-9-6-18/h1-4,7,10,15-18,25H,5-6,8-9,11-14H2. The lowest BCUT2D eigenvalue weighted by Crippen LogP contribution is -2.52. The molecule has 31 heavy (non-hydrogen) atoms. The second-order valence-electron chi connectivity index (χ2n) is 8.52. The average molecular weight is 414 g/mol. The number of nitrogens with one attached hydrogen (secondary N) is 1. The third kappa shape index (κ3) is 3.43. The van der Waals surface area contributed by atoms with E-state index in [1.807, 2.05) is 41.3 Å². The number of anilines is 1. The molecule has 6 rings (SSSR count). The fourth-order valence-electron chi connectivity index (χ4n) is 5.07. The van der Waals surface area contributed by atoms with Crippen LogP contribution in [0.1, 0.15) is 12.8 Å². The number of pyridine rings is 1. The number of benzene rings is 1. The lowest BCUT2D eigenvalue weighted by molar-refractivity contribution is 0.153. The van der Waals surface area contributed by atoms with E-state index in [-0.39, 0.29) is 0 Å². The minimum Gasteiger partial charge on any atom is -0.366 e. The summed E-state index contributed by atoms with van der Waals surface area (Å²) in [5.41, 5.74) is 5.18. The molecule has 0 radical (unpaired) electrons. The van der Waals surface area contributed by atoms with Gasteiger partial charge in [0.15, 0.2) is 5.65 Å². The Balaban J connectivity index is 1.25. The molecule has 4 aromatic rings. The maximum Gasteiger partial charge on any atom is 0.162 e. The Labute approximate surface area is 181 Å². The summed E-state index contributed by atoms with van der Waals surface area (Å²) in [4.78, 5) is 14.4. The molecular weight excluding hydrogens is 386 g/mol. The number of piperazine rings is 1. The zero-order chi connectivity index (χ0) is 20.6. The number of aromatic nitrogens is 4. The van der Waals surface area contributed by atoms with Gasteiger partial charge in [0.2, 0.25) is 0 Å². The van der Waals surface area contributed by atoms with E-state index in [1.54, 1.807) is 0 Å². The molecule has 2 aliphatic rings. The number of fused-ring (bicyclic) bond motifs is 2. The van der Waals surface area contributed by atoms with Crippen molar-refractivity contribution in [1.82, 2.24) is 29.8 Å². The normalized spacial score (nSPS) is 18.8. The Hall–Kier alpha value is -3.03. The van der Waals surface area contributed by atoms with Crippen molar-refractivity contribution in [3.63, 3.8) is 0 Å². The molecule has 7 nitrogen and oxygen atoms in total. The quantitative estimate of drug-likeness (QED) is 0.557. The van der Waals surface area contributed by atoms with E-state index in [2.05, 4.69) is 43.5 Å². The second kappa shape index (κ2) is 7.90. The topological polar surface area (TPSA) is 61.6 Å². The first-order chi connectivity index (χ1) is 15.4. The summed E-state index contributed by atoms with van der Waals surface area (Å²) in [6, 6.07) is 11.0. The van der Waals surface area contributed by atoms with E-state index in [0.29, 0.717) is 0 Å². The highest BCUT2D eigenvalue weighted by Gasteiger charge is 2.25. The number of piperidine rings is 1. The van der Waals surface area contributed by atoms with Crippen LogP contribution in [0.5, 0.6) is 0 Å². The molecule has 5 heterocycles. The van der Waals surface area contributed by atoms with Crippen molar-refractivity contribution in [3.8, 4) is 11.1 Å². The molecule has 158 valence electrons. The minimum absolute atomic E-state index is 0.743. The Morgan fingerprint density at radius 2 is 1.71 bits per heavy atom. The number of hydrogen-bond donors (Lipinski definition) is 1. The number of rotatable bonds is 3. The Kier molecular flexibility index (Phi) is 4.77. The van der Waals surface area contributed by atoms with Crippen LogP contribution in [0, 0.1) is 0 Å². The van der Waals surface area contributed by atoms with Crippen molar-refractivity contribution in [2.75, 3.05) is 44.2 Å². The van der Waals surface area contributed by atoms with E-state index >= 15 is 0 Å². The molecule has 3 aromatic heterocycles. The zero-order valence-corrected chi connectivity index (χ0v) is 17.6. The first-order valence-corrected chi connectivity index (χ1v) is 11.2. The van der Waals surface area contributed by atoms with Crippen LogP contribution < -0.4 is 10.2 Å². The summed E-state index contributed by atoms with van der Waals surface area (Å²) in [6.45, 7) is 6.63. The van der Waals surface area contributed by atoms with Gasteiger partial charge in [0.25, 0.3) is 0 Å².